The van der Waals surface area contributed by atoms with Crippen LogP contribution in [0.15, 0.2) is 34.2 Å². The van der Waals surface area contributed by atoms with Gasteiger partial charge in [0.2, 0.25) is 0 Å². The number of β-amino-alcohol motifs (C(OH)–C–C–N with tert-alkyl or cyclic N) is 1. The van der Waals surface area contributed by atoms with Gasteiger partial charge >= 0.3 is 5.97 Å². The molecule has 2 rings (SSSR count). The van der Waals surface area contributed by atoms with Crippen molar-refractivity contribution in [3.63, 3.8) is 0 Å². The molecule has 0 radical (unpaired) electrons. The number of fused-ring (bicyclic) bond motifs is 1. The first-order valence-electron chi connectivity index (χ1n) is 5.36. The van der Waals surface area contributed by atoms with Gasteiger partial charge in [0, 0.05) is 0 Å². The zero-order chi connectivity index (χ0) is 14.3. The maximum absolute atomic E-state index is 12.2. The van der Waals surface area contributed by atoms with E-state index in [1.807, 2.05) is 0 Å². The summed E-state index contributed by atoms with van der Waals surface area (Å²) in [7, 11) is -3.89. The molecule has 19 heavy (non-hydrogen) atoms. The SMILES string of the molecule is CC(O)(CN1C=Nc2ccccc2S1(=O)=O)C(=O)O. The third-order valence-corrected chi connectivity index (χ3v) is 4.44. The van der Waals surface area contributed by atoms with E-state index in [0.717, 1.165) is 17.6 Å². The maximum Gasteiger partial charge on any atom is 0.337 e. The monoisotopic (exact) mass is 284 g/mol. The summed E-state index contributed by atoms with van der Waals surface area (Å²) in [6.07, 6.45) is 1.01. The molecule has 102 valence electrons. The predicted molar refractivity (Wildman–Crippen MR) is 66.7 cm³/mol. The molecular formula is C11H12N2O5S. The van der Waals surface area contributed by atoms with Gasteiger partial charge in [0.05, 0.1) is 12.2 Å². The first-order valence-corrected chi connectivity index (χ1v) is 6.80. The second-order valence-electron chi connectivity index (χ2n) is 4.34. The highest BCUT2D eigenvalue weighted by molar-refractivity contribution is 7.89. The smallest absolute Gasteiger partial charge is 0.337 e. The molecule has 8 heteroatoms. The third-order valence-electron chi connectivity index (χ3n) is 2.70. The number of hydrogen-bond donors (Lipinski definition) is 2. The van der Waals surface area contributed by atoms with Crippen LogP contribution in [0, 0.1) is 0 Å². The summed E-state index contributed by atoms with van der Waals surface area (Å²) in [6.45, 7) is 0.418. The third kappa shape index (κ3) is 2.32. The van der Waals surface area contributed by atoms with E-state index >= 15 is 0 Å². The zero-order valence-electron chi connectivity index (χ0n) is 10.0. The maximum atomic E-state index is 12.2. The summed E-state index contributed by atoms with van der Waals surface area (Å²) in [6, 6.07) is 6.11. The lowest BCUT2D eigenvalue weighted by atomic mass is 10.1. The molecule has 1 unspecified atom stereocenters. The summed E-state index contributed by atoms with van der Waals surface area (Å²) < 4.78 is 25.2. The highest BCUT2D eigenvalue weighted by Crippen LogP contribution is 2.30. The van der Waals surface area contributed by atoms with E-state index in [-0.39, 0.29) is 10.6 Å². The van der Waals surface area contributed by atoms with E-state index < -0.39 is 28.1 Å². The van der Waals surface area contributed by atoms with Crippen molar-refractivity contribution < 1.29 is 23.4 Å². The van der Waals surface area contributed by atoms with E-state index in [4.69, 9.17) is 5.11 Å². The topological polar surface area (TPSA) is 107 Å². The standard InChI is InChI=1S/C11H12N2O5S/c1-11(16,10(14)15)6-13-7-12-8-4-2-3-5-9(8)19(13,17)18/h2-5,7,16H,6H2,1H3,(H,14,15). The van der Waals surface area contributed by atoms with Crippen LogP contribution in [0.3, 0.4) is 0 Å². The number of carboxylic acids is 1. The van der Waals surface area contributed by atoms with Crippen molar-refractivity contribution in [3.05, 3.63) is 24.3 Å². The first-order chi connectivity index (χ1) is 8.75. The van der Waals surface area contributed by atoms with Crippen LogP contribution in [0.4, 0.5) is 5.69 Å². The van der Waals surface area contributed by atoms with Crippen LogP contribution in [0.25, 0.3) is 0 Å². The van der Waals surface area contributed by atoms with Crippen molar-refractivity contribution in [3.8, 4) is 0 Å². The first kappa shape index (κ1) is 13.5. The van der Waals surface area contributed by atoms with Crippen LogP contribution >= 0.6 is 0 Å². The average molecular weight is 284 g/mol. The van der Waals surface area contributed by atoms with E-state index in [2.05, 4.69) is 4.99 Å². The molecule has 0 fully saturated rings. The number of aliphatic carboxylic acids is 1. The summed E-state index contributed by atoms with van der Waals surface area (Å²) in [4.78, 5) is 14.8. The number of benzene rings is 1. The van der Waals surface area contributed by atoms with Gasteiger partial charge in [-0.2, -0.15) is 0 Å². The Morgan fingerprint density at radius 1 is 1.42 bits per heavy atom. The van der Waals surface area contributed by atoms with Gasteiger partial charge in [-0.3, -0.25) is 4.31 Å². The average Bonchev–Trinajstić information content (AvgIpc) is 2.33. The number of para-hydroxylation sites is 1. The van der Waals surface area contributed by atoms with E-state index in [1.54, 1.807) is 12.1 Å². The van der Waals surface area contributed by atoms with Crippen molar-refractivity contribution in [1.82, 2.24) is 4.31 Å². The molecule has 1 aromatic rings. The fourth-order valence-corrected chi connectivity index (χ4v) is 3.07. The quantitative estimate of drug-likeness (QED) is 0.823. The van der Waals surface area contributed by atoms with Gasteiger partial charge in [-0.15, -0.1) is 0 Å². The van der Waals surface area contributed by atoms with E-state index in [1.165, 1.54) is 12.1 Å². The Balaban J connectivity index is 2.41. The molecule has 1 heterocycles. The summed E-state index contributed by atoms with van der Waals surface area (Å²) in [5.74, 6) is -1.50. The zero-order valence-corrected chi connectivity index (χ0v) is 10.8. The lowest BCUT2D eigenvalue weighted by Crippen LogP contribution is -2.48. The lowest BCUT2D eigenvalue weighted by molar-refractivity contribution is -0.156. The van der Waals surface area contributed by atoms with Gasteiger partial charge in [0.25, 0.3) is 10.0 Å². The van der Waals surface area contributed by atoms with Crippen LogP contribution in [0.2, 0.25) is 0 Å². The Kier molecular flexibility index (Phi) is 3.07. The highest BCUT2D eigenvalue weighted by Gasteiger charge is 2.38. The molecule has 0 bridgehead atoms. The van der Waals surface area contributed by atoms with Gasteiger partial charge in [-0.25, -0.2) is 18.2 Å². The minimum Gasteiger partial charge on any atom is -0.479 e. The molecule has 1 atom stereocenters. The van der Waals surface area contributed by atoms with Crippen molar-refractivity contribution >= 4 is 28.0 Å². The molecule has 2 N–H and O–H groups in total. The molecule has 1 aliphatic heterocycles. The minimum absolute atomic E-state index is 0.0151. The Labute approximate surface area is 109 Å². The Bertz CT molecular complexity index is 651. The molecule has 7 nitrogen and oxygen atoms in total. The Hall–Kier alpha value is -1.93. The van der Waals surface area contributed by atoms with Crippen molar-refractivity contribution in [1.29, 1.82) is 0 Å². The number of carbonyl (C=O) groups is 1. The fraction of sp³-hybridized carbons (Fsp3) is 0.273. The lowest BCUT2D eigenvalue weighted by Gasteiger charge is -2.28. The molecule has 1 aliphatic rings. The molecule has 0 saturated heterocycles. The molecule has 0 amide bonds. The van der Waals surface area contributed by atoms with Crippen molar-refractivity contribution in [2.24, 2.45) is 4.99 Å². The number of nitrogens with zero attached hydrogens (tertiary/aromatic N) is 2. The second-order valence-corrected chi connectivity index (χ2v) is 6.20. The predicted octanol–water partition coefficient (Wildman–Crippen LogP) is 0.186. The molecule has 0 aromatic heterocycles. The molecule has 0 spiro atoms. The largest absolute Gasteiger partial charge is 0.479 e. The van der Waals surface area contributed by atoms with Gasteiger partial charge in [-0.1, -0.05) is 12.1 Å². The van der Waals surface area contributed by atoms with Crippen molar-refractivity contribution in [2.75, 3.05) is 6.54 Å². The number of aliphatic hydroxyl groups is 1. The van der Waals surface area contributed by atoms with Crippen molar-refractivity contribution in [2.45, 2.75) is 17.4 Å². The molecular weight excluding hydrogens is 272 g/mol. The minimum atomic E-state index is -3.89. The summed E-state index contributed by atoms with van der Waals surface area (Å²) >= 11 is 0. The highest BCUT2D eigenvalue weighted by atomic mass is 32.2. The van der Waals surface area contributed by atoms with Crippen LogP contribution in [-0.2, 0) is 14.8 Å². The van der Waals surface area contributed by atoms with E-state index in [0.29, 0.717) is 0 Å². The molecule has 0 aliphatic carbocycles. The number of aliphatic imine (C=N–C) groups is 1. The number of carboxylic acid groups (broad SMARTS) is 1. The Morgan fingerprint density at radius 2 is 2.05 bits per heavy atom. The normalized spacial score (nSPS) is 19.6. The van der Waals surface area contributed by atoms with Crippen LogP contribution in [0.1, 0.15) is 6.92 Å². The number of hydrogen-bond acceptors (Lipinski definition) is 5. The second kappa shape index (κ2) is 4.32. The van der Waals surface area contributed by atoms with Crippen LogP contribution < -0.4 is 0 Å². The van der Waals surface area contributed by atoms with Crippen LogP contribution in [-0.4, -0.2) is 47.4 Å². The summed E-state index contributed by atoms with van der Waals surface area (Å²) in [5.41, 5.74) is -1.90. The number of rotatable bonds is 3. The Morgan fingerprint density at radius 3 is 2.68 bits per heavy atom. The fourth-order valence-electron chi connectivity index (χ4n) is 1.59. The molecule has 1 aromatic carbocycles. The van der Waals surface area contributed by atoms with Gasteiger partial charge < -0.3 is 10.2 Å². The van der Waals surface area contributed by atoms with E-state index in [9.17, 15) is 18.3 Å². The van der Waals surface area contributed by atoms with Gasteiger partial charge in [0.1, 0.15) is 11.2 Å². The van der Waals surface area contributed by atoms with Gasteiger partial charge in [0.15, 0.2) is 5.60 Å². The van der Waals surface area contributed by atoms with Crippen LogP contribution in [0.5, 0.6) is 0 Å². The molecule has 0 saturated carbocycles. The van der Waals surface area contributed by atoms with Gasteiger partial charge in [-0.05, 0) is 19.1 Å². The summed E-state index contributed by atoms with van der Waals surface area (Å²) in [5, 5.41) is 18.5. The number of sulfonamides is 1.